The van der Waals surface area contributed by atoms with Crippen LogP contribution in [0.4, 0.5) is 0 Å². The molecule has 5 nitrogen and oxygen atoms in total. The first-order valence-corrected chi connectivity index (χ1v) is 6.01. The van der Waals surface area contributed by atoms with Crippen molar-refractivity contribution >= 4 is 10.2 Å². The summed E-state index contributed by atoms with van der Waals surface area (Å²) in [6.07, 6.45) is 2.23. The Labute approximate surface area is 79.5 Å². The van der Waals surface area contributed by atoms with Gasteiger partial charge >= 0.3 is 0 Å². The third-order valence-electron chi connectivity index (χ3n) is 2.23. The predicted molar refractivity (Wildman–Crippen MR) is 51.6 cm³/mol. The van der Waals surface area contributed by atoms with Gasteiger partial charge in [-0.15, -0.1) is 0 Å². The normalized spacial score (nSPS) is 24.5. The Hall–Kier alpha value is -0.170. The van der Waals surface area contributed by atoms with Crippen LogP contribution in [0.1, 0.15) is 12.8 Å². The van der Waals surface area contributed by atoms with Crippen molar-refractivity contribution in [3.05, 3.63) is 0 Å². The van der Waals surface area contributed by atoms with Crippen molar-refractivity contribution in [3.8, 4) is 0 Å². The molecule has 0 aromatic heterocycles. The molecule has 1 aliphatic rings. The van der Waals surface area contributed by atoms with Gasteiger partial charge in [-0.25, -0.2) is 9.44 Å². The Morgan fingerprint density at radius 2 is 2.31 bits per heavy atom. The molecule has 0 aromatic rings. The van der Waals surface area contributed by atoms with E-state index >= 15 is 0 Å². The van der Waals surface area contributed by atoms with Gasteiger partial charge in [0, 0.05) is 13.6 Å². The summed E-state index contributed by atoms with van der Waals surface area (Å²) in [5, 5.41) is 3.23. The fourth-order valence-corrected chi connectivity index (χ4v) is 2.00. The van der Waals surface area contributed by atoms with Crippen LogP contribution >= 0.6 is 0 Å². The Morgan fingerprint density at radius 1 is 1.54 bits per heavy atom. The molecule has 1 atom stereocenters. The summed E-state index contributed by atoms with van der Waals surface area (Å²) in [6.45, 7) is 2.48. The van der Waals surface area contributed by atoms with Crippen LogP contribution in [0.5, 0.6) is 0 Å². The minimum atomic E-state index is -3.25. The number of hydrogen-bond acceptors (Lipinski definition) is 3. The van der Waals surface area contributed by atoms with Gasteiger partial charge in [-0.3, -0.25) is 0 Å². The van der Waals surface area contributed by atoms with E-state index in [1.807, 2.05) is 0 Å². The van der Waals surface area contributed by atoms with Crippen molar-refractivity contribution in [1.82, 2.24) is 14.8 Å². The first-order valence-electron chi connectivity index (χ1n) is 4.53. The fourth-order valence-electron chi connectivity index (χ4n) is 1.40. The standard InChI is InChI=1S/C7H17N3O2S/c1-8-13(11,12)10-6-7-3-2-4-9-5-7/h7-10H,2-6H2,1H3. The van der Waals surface area contributed by atoms with Crippen LogP contribution in [0, 0.1) is 5.92 Å². The highest BCUT2D eigenvalue weighted by molar-refractivity contribution is 7.87. The van der Waals surface area contributed by atoms with Crippen molar-refractivity contribution in [1.29, 1.82) is 0 Å². The highest BCUT2D eigenvalue weighted by Gasteiger charge is 2.15. The molecule has 3 N–H and O–H groups in total. The molecule has 0 aliphatic carbocycles. The lowest BCUT2D eigenvalue weighted by molar-refractivity contribution is 0.375. The van der Waals surface area contributed by atoms with Crippen LogP contribution in [0.25, 0.3) is 0 Å². The molecule has 0 saturated carbocycles. The molecular formula is C7H17N3O2S. The van der Waals surface area contributed by atoms with Crippen molar-refractivity contribution in [2.75, 3.05) is 26.7 Å². The molecule has 6 heteroatoms. The highest BCUT2D eigenvalue weighted by Crippen LogP contribution is 2.08. The van der Waals surface area contributed by atoms with Gasteiger partial charge in [0.25, 0.3) is 10.2 Å². The van der Waals surface area contributed by atoms with E-state index in [-0.39, 0.29) is 0 Å². The third kappa shape index (κ3) is 4.04. The number of piperidine rings is 1. The Kier molecular flexibility index (Phi) is 4.11. The van der Waals surface area contributed by atoms with Crippen LogP contribution in [0.3, 0.4) is 0 Å². The van der Waals surface area contributed by atoms with Crippen molar-refractivity contribution in [2.24, 2.45) is 5.92 Å². The van der Waals surface area contributed by atoms with Gasteiger partial charge < -0.3 is 5.32 Å². The average Bonchev–Trinajstić information content (AvgIpc) is 2.17. The van der Waals surface area contributed by atoms with Gasteiger partial charge in [0.05, 0.1) is 0 Å². The summed E-state index contributed by atoms with van der Waals surface area (Å²) in [6, 6.07) is 0. The summed E-state index contributed by atoms with van der Waals surface area (Å²) in [5.74, 6) is 0.428. The molecule has 1 aliphatic heterocycles. The van der Waals surface area contributed by atoms with E-state index in [9.17, 15) is 8.42 Å². The molecule has 1 heterocycles. The molecule has 0 bridgehead atoms. The minimum Gasteiger partial charge on any atom is -0.316 e. The van der Waals surface area contributed by atoms with Crippen LogP contribution < -0.4 is 14.8 Å². The zero-order valence-corrected chi connectivity index (χ0v) is 8.65. The van der Waals surface area contributed by atoms with Crippen LogP contribution in [-0.2, 0) is 10.2 Å². The monoisotopic (exact) mass is 207 g/mol. The summed E-state index contributed by atoms with van der Waals surface area (Å²) in [4.78, 5) is 0. The summed E-state index contributed by atoms with van der Waals surface area (Å²) in [5.41, 5.74) is 0. The number of nitrogens with one attached hydrogen (secondary N) is 3. The van der Waals surface area contributed by atoms with Crippen LogP contribution in [-0.4, -0.2) is 35.1 Å². The maximum Gasteiger partial charge on any atom is 0.276 e. The van der Waals surface area contributed by atoms with E-state index in [4.69, 9.17) is 0 Å². The van der Waals surface area contributed by atoms with Gasteiger partial charge in [-0.05, 0) is 31.8 Å². The zero-order valence-electron chi connectivity index (χ0n) is 7.84. The van der Waals surface area contributed by atoms with Gasteiger partial charge in [-0.2, -0.15) is 8.42 Å². The molecule has 1 rings (SSSR count). The van der Waals surface area contributed by atoms with Gasteiger partial charge in [0.2, 0.25) is 0 Å². The second kappa shape index (κ2) is 4.90. The SMILES string of the molecule is CNS(=O)(=O)NCC1CCCNC1. The van der Waals surface area contributed by atoms with E-state index in [2.05, 4.69) is 14.8 Å². The Morgan fingerprint density at radius 3 is 2.85 bits per heavy atom. The Balaban J connectivity index is 2.25. The molecule has 0 radical (unpaired) electrons. The molecule has 1 fully saturated rings. The average molecular weight is 207 g/mol. The van der Waals surface area contributed by atoms with Crippen molar-refractivity contribution in [2.45, 2.75) is 12.8 Å². The van der Waals surface area contributed by atoms with Crippen molar-refractivity contribution < 1.29 is 8.42 Å². The molecule has 1 unspecified atom stereocenters. The second-order valence-electron chi connectivity index (χ2n) is 3.27. The van der Waals surface area contributed by atoms with Gasteiger partial charge in [0.15, 0.2) is 0 Å². The first kappa shape index (κ1) is 10.9. The molecule has 13 heavy (non-hydrogen) atoms. The lowest BCUT2D eigenvalue weighted by Gasteiger charge is -2.22. The summed E-state index contributed by atoms with van der Waals surface area (Å²) >= 11 is 0. The van der Waals surface area contributed by atoms with Crippen LogP contribution in [0.2, 0.25) is 0 Å². The van der Waals surface area contributed by atoms with Crippen molar-refractivity contribution in [3.63, 3.8) is 0 Å². The maximum atomic E-state index is 11.0. The topological polar surface area (TPSA) is 70.2 Å². The molecule has 0 amide bonds. The predicted octanol–water partition coefficient (Wildman–Crippen LogP) is -0.960. The Bertz CT molecular complexity index is 234. The molecule has 0 aromatic carbocycles. The first-order chi connectivity index (χ1) is 6.14. The number of hydrogen-bond donors (Lipinski definition) is 3. The lowest BCUT2D eigenvalue weighted by atomic mass is 10.0. The zero-order chi connectivity index (χ0) is 9.73. The van der Waals surface area contributed by atoms with E-state index in [0.29, 0.717) is 12.5 Å². The minimum absolute atomic E-state index is 0.428. The maximum absolute atomic E-state index is 11.0. The molecule has 1 saturated heterocycles. The summed E-state index contributed by atoms with van der Waals surface area (Å²) in [7, 11) is -1.84. The smallest absolute Gasteiger partial charge is 0.276 e. The van der Waals surface area contributed by atoms with E-state index in [0.717, 1.165) is 25.9 Å². The highest BCUT2D eigenvalue weighted by atomic mass is 32.2. The lowest BCUT2D eigenvalue weighted by Crippen LogP contribution is -2.41. The summed E-state index contributed by atoms with van der Waals surface area (Å²) < 4.78 is 26.7. The second-order valence-corrected chi connectivity index (χ2v) is 4.97. The van der Waals surface area contributed by atoms with Crippen LogP contribution in [0.15, 0.2) is 0 Å². The van der Waals surface area contributed by atoms with E-state index in [1.54, 1.807) is 0 Å². The fraction of sp³-hybridized carbons (Fsp3) is 1.00. The molecular weight excluding hydrogens is 190 g/mol. The number of rotatable bonds is 4. The van der Waals surface area contributed by atoms with E-state index < -0.39 is 10.2 Å². The molecule has 0 spiro atoms. The van der Waals surface area contributed by atoms with Gasteiger partial charge in [0.1, 0.15) is 0 Å². The van der Waals surface area contributed by atoms with E-state index in [1.165, 1.54) is 7.05 Å². The largest absolute Gasteiger partial charge is 0.316 e. The third-order valence-corrected chi connectivity index (χ3v) is 3.31. The van der Waals surface area contributed by atoms with Gasteiger partial charge in [-0.1, -0.05) is 0 Å². The quantitative estimate of drug-likeness (QED) is 0.556. The molecule has 78 valence electrons.